The molecule has 0 amide bonds. The summed E-state index contributed by atoms with van der Waals surface area (Å²) < 4.78 is 0. The van der Waals surface area contributed by atoms with E-state index in [1.54, 1.807) is 5.56 Å². The molecule has 0 bridgehead atoms. The highest BCUT2D eigenvalue weighted by Gasteiger charge is 2.08. The van der Waals surface area contributed by atoms with Crippen molar-refractivity contribution >= 4 is 0 Å². The quantitative estimate of drug-likeness (QED) is 0.639. The maximum absolute atomic E-state index is 2.28. The molecule has 72 valence electrons. The van der Waals surface area contributed by atoms with E-state index in [4.69, 9.17) is 0 Å². The van der Waals surface area contributed by atoms with Gasteiger partial charge in [-0.15, -0.1) is 0 Å². The first kappa shape index (κ1) is 10.3. The Labute approximate surface area is 82.0 Å². The number of rotatable bonds is 2. The third kappa shape index (κ3) is 1.93. The van der Waals surface area contributed by atoms with E-state index in [2.05, 4.69) is 46.8 Å². The lowest BCUT2D eigenvalue weighted by Gasteiger charge is -2.15. The van der Waals surface area contributed by atoms with Crippen molar-refractivity contribution in [2.75, 3.05) is 0 Å². The van der Waals surface area contributed by atoms with Crippen molar-refractivity contribution in [1.82, 2.24) is 0 Å². The van der Waals surface area contributed by atoms with Crippen molar-refractivity contribution < 1.29 is 0 Å². The zero-order valence-corrected chi connectivity index (χ0v) is 9.44. The van der Waals surface area contributed by atoms with Gasteiger partial charge in [-0.05, 0) is 48.4 Å². The van der Waals surface area contributed by atoms with Crippen LogP contribution in [0.1, 0.15) is 48.9 Å². The predicted octanol–water partition coefficient (Wildman–Crippen LogP) is 3.99. The number of aryl methyl sites for hydroxylation is 1. The average Bonchev–Trinajstić information content (AvgIpc) is 2.09. The molecular formula is C13H20. The summed E-state index contributed by atoms with van der Waals surface area (Å²) in [5.74, 6) is 0.647. The zero-order chi connectivity index (χ0) is 10.0. The van der Waals surface area contributed by atoms with Gasteiger partial charge in [0.1, 0.15) is 0 Å². The van der Waals surface area contributed by atoms with E-state index in [0.29, 0.717) is 5.92 Å². The molecule has 0 radical (unpaired) electrons. The van der Waals surface area contributed by atoms with Gasteiger partial charge >= 0.3 is 0 Å². The van der Waals surface area contributed by atoms with Crippen LogP contribution in [0.2, 0.25) is 0 Å². The van der Waals surface area contributed by atoms with Gasteiger partial charge in [0.15, 0.2) is 0 Å². The molecule has 0 aliphatic carbocycles. The van der Waals surface area contributed by atoms with Crippen LogP contribution in [0, 0.1) is 13.8 Å². The molecule has 0 spiro atoms. The average molecular weight is 176 g/mol. The van der Waals surface area contributed by atoms with E-state index in [-0.39, 0.29) is 0 Å². The summed E-state index contributed by atoms with van der Waals surface area (Å²) in [6, 6.07) is 4.52. The van der Waals surface area contributed by atoms with Crippen molar-refractivity contribution in [3.63, 3.8) is 0 Å². The number of benzene rings is 1. The molecule has 0 heterocycles. The van der Waals surface area contributed by atoms with E-state index in [0.717, 1.165) is 6.42 Å². The van der Waals surface area contributed by atoms with Crippen molar-refractivity contribution in [3.8, 4) is 0 Å². The van der Waals surface area contributed by atoms with Crippen LogP contribution in [0.15, 0.2) is 12.1 Å². The molecular weight excluding hydrogens is 156 g/mol. The molecule has 0 saturated carbocycles. The van der Waals surface area contributed by atoms with E-state index < -0.39 is 0 Å². The Morgan fingerprint density at radius 2 is 1.77 bits per heavy atom. The molecule has 0 saturated heterocycles. The van der Waals surface area contributed by atoms with Crippen LogP contribution in [0.25, 0.3) is 0 Å². The molecule has 1 rings (SSSR count). The summed E-state index contributed by atoms with van der Waals surface area (Å²) in [7, 11) is 0. The Bertz CT molecular complexity index is 295. The second-order valence-corrected chi connectivity index (χ2v) is 4.08. The Kier molecular flexibility index (Phi) is 3.13. The molecule has 0 aromatic heterocycles. The molecule has 13 heavy (non-hydrogen) atoms. The fourth-order valence-corrected chi connectivity index (χ4v) is 1.91. The largest absolute Gasteiger partial charge is 0.0613 e. The Balaban J connectivity index is 3.30. The summed E-state index contributed by atoms with van der Waals surface area (Å²) in [5.41, 5.74) is 5.97. The fourth-order valence-electron chi connectivity index (χ4n) is 1.91. The SMILES string of the molecule is CCc1c(C(C)C)ccc(C)c1C. The van der Waals surface area contributed by atoms with Crippen molar-refractivity contribution in [1.29, 1.82) is 0 Å². The highest BCUT2D eigenvalue weighted by molar-refractivity contribution is 5.41. The minimum Gasteiger partial charge on any atom is -0.0613 e. The van der Waals surface area contributed by atoms with Gasteiger partial charge in [0.2, 0.25) is 0 Å². The first-order chi connectivity index (χ1) is 6.07. The zero-order valence-electron chi connectivity index (χ0n) is 9.44. The summed E-state index contributed by atoms with van der Waals surface area (Å²) in [4.78, 5) is 0. The van der Waals surface area contributed by atoms with Crippen LogP contribution in [-0.2, 0) is 6.42 Å². The van der Waals surface area contributed by atoms with Crippen LogP contribution in [-0.4, -0.2) is 0 Å². The van der Waals surface area contributed by atoms with E-state index in [1.807, 2.05) is 0 Å². The van der Waals surface area contributed by atoms with Gasteiger partial charge in [-0.3, -0.25) is 0 Å². The Morgan fingerprint density at radius 3 is 2.23 bits per heavy atom. The molecule has 1 aromatic carbocycles. The Hall–Kier alpha value is -0.780. The first-order valence-electron chi connectivity index (χ1n) is 5.16. The molecule has 0 fully saturated rings. The topological polar surface area (TPSA) is 0 Å². The van der Waals surface area contributed by atoms with Crippen LogP contribution >= 0.6 is 0 Å². The van der Waals surface area contributed by atoms with Crippen LogP contribution in [0.4, 0.5) is 0 Å². The molecule has 0 unspecified atom stereocenters. The molecule has 0 aliphatic heterocycles. The van der Waals surface area contributed by atoms with Crippen LogP contribution in [0.5, 0.6) is 0 Å². The van der Waals surface area contributed by atoms with E-state index in [1.165, 1.54) is 16.7 Å². The Morgan fingerprint density at radius 1 is 1.15 bits per heavy atom. The third-order valence-electron chi connectivity index (χ3n) is 2.88. The monoisotopic (exact) mass is 176 g/mol. The maximum atomic E-state index is 2.28. The minimum absolute atomic E-state index is 0.647. The second-order valence-electron chi connectivity index (χ2n) is 4.08. The van der Waals surface area contributed by atoms with Crippen molar-refractivity contribution in [2.24, 2.45) is 0 Å². The van der Waals surface area contributed by atoms with E-state index >= 15 is 0 Å². The maximum Gasteiger partial charge on any atom is -0.0216 e. The standard InChI is InChI=1S/C13H20/c1-6-12-11(5)10(4)7-8-13(12)9(2)3/h7-9H,6H2,1-5H3. The summed E-state index contributed by atoms with van der Waals surface area (Å²) >= 11 is 0. The highest BCUT2D eigenvalue weighted by Crippen LogP contribution is 2.24. The van der Waals surface area contributed by atoms with E-state index in [9.17, 15) is 0 Å². The van der Waals surface area contributed by atoms with Gasteiger partial charge < -0.3 is 0 Å². The van der Waals surface area contributed by atoms with Crippen LogP contribution < -0.4 is 0 Å². The van der Waals surface area contributed by atoms with Gasteiger partial charge in [0.25, 0.3) is 0 Å². The van der Waals surface area contributed by atoms with Gasteiger partial charge in [-0.2, -0.15) is 0 Å². The molecule has 0 aliphatic rings. The van der Waals surface area contributed by atoms with Gasteiger partial charge in [-0.1, -0.05) is 32.9 Å². The van der Waals surface area contributed by atoms with Crippen molar-refractivity contribution in [2.45, 2.75) is 47.0 Å². The molecule has 0 nitrogen and oxygen atoms in total. The number of hydrogen-bond acceptors (Lipinski definition) is 0. The minimum atomic E-state index is 0.647. The van der Waals surface area contributed by atoms with Crippen molar-refractivity contribution in [3.05, 3.63) is 34.4 Å². The molecule has 1 aromatic rings. The highest BCUT2D eigenvalue weighted by atomic mass is 14.1. The number of hydrogen-bond donors (Lipinski definition) is 0. The van der Waals surface area contributed by atoms with Gasteiger partial charge in [0.05, 0.1) is 0 Å². The smallest absolute Gasteiger partial charge is 0.0216 e. The first-order valence-corrected chi connectivity index (χ1v) is 5.16. The second kappa shape index (κ2) is 3.95. The van der Waals surface area contributed by atoms with Crippen LogP contribution in [0.3, 0.4) is 0 Å². The molecule has 0 N–H and O–H groups in total. The summed E-state index contributed by atoms with van der Waals surface area (Å²) in [5, 5.41) is 0. The normalized spacial score (nSPS) is 10.9. The predicted molar refractivity (Wildman–Crippen MR) is 59.4 cm³/mol. The summed E-state index contributed by atoms with van der Waals surface area (Å²) in [6.45, 7) is 11.2. The third-order valence-corrected chi connectivity index (χ3v) is 2.88. The fraction of sp³-hybridized carbons (Fsp3) is 0.538. The van der Waals surface area contributed by atoms with Gasteiger partial charge in [0, 0.05) is 0 Å². The lowest BCUT2D eigenvalue weighted by molar-refractivity contribution is 0.838. The van der Waals surface area contributed by atoms with Gasteiger partial charge in [-0.25, -0.2) is 0 Å². The summed E-state index contributed by atoms with van der Waals surface area (Å²) in [6.07, 6.45) is 1.15. The lowest BCUT2D eigenvalue weighted by Crippen LogP contribution is -1.99. The molecule has 0 heteroatoms. The lowest BCUT2D eigenvalue weighted by atomic mass is 9.90. The molecule has 0 atom stereocenters.